The zero-order valence-electron chi connectivity index (χ0n) is 9.34. The maximum absolute atomic E-state index is 2.47. The Bertz CT molecular complexity index is 176. The Morgan fingerprint density at radius 1 is 1.00 bits per heavy atom. The van der Waals surface area contributed by atoms with Crippen LogP contribution in [0.2, 0.25) is 0 Å². The number of hydrogen-bond donors (Lipinski definition) is 1. The van der Waals surface area contributed by atoms with Crippen LogP contribution in [-0.4, -0.2) is 19.1 Å². The summed E-state index contributed by atoms with van der Waals surface area (Å²) < 4.78 is 0. The molecule has 0 bridgehead atoms. The van der Waals surface area contributed by atoms with E-state index in [9.17, 15) is 0 Å². The normalized spacial score (nSPS) is 51.5. The molecule has 0 amide bonds. The molecule has 1 N–H and O–H groups in total. The molecule has 0 aromatic heterocycles. The lowest BCUT2D eigenvalue weighted by Crippen LogP contribution is -3.18. The fraction of sp³-hybridized carbons (Fsp3) is 1.00. The fourth-order valence-corrected chi connectivity index (χ4v) is 3.69. The predicted octanol–water partition coefficient (Wildman–Crippen LogP) is 1.49. The standard InChI is InChI=1S/C12H23N/c1-9-5-4-6-11-8-7-10(2)13(3)12(9)11/h9-12H,4-8H2,1-3H3/p+1/t9-,10-,11+,12-/m0/s1. The van der Waals surface area contributed by atoms with Gasteiger partial charge in [-0.1, -0.05) is 13.3 Å². The van der Waals surface area contributed by atoms with Crippen molar-refractivity contribution in [2.24, 2.45) is 11.8 Å². The molecule has 1 heteroatoms. The maximum atomic E-state index is 2.47. The number of rotatable bonds is 0. The predicted molar refractivity (Wildman–Crippen MR) is 55.9 cm³/mol. The third-order valence-corrected chi connectivity index (χ3v) is 4.63. The fourth-order valence-electron chi connectivity index (χ4n) is 3.69. The first-order valence-electron chi connectivity index (χ1n) is 6.03. The smallest absolute Gasteiger partial charge is 0.0928 e. The number of likely N-dealkylation sites (tertiary alicyclic amines) is 1. The van der Waals surface area contributed by atoms with Crippen LogP contribution in [0.25, 0.3) is 0 Å². The second-order valence-electron chi connectivity index (χ2n) is 5.42. The summed E-state index contributed by atoms with van der Waals surface area (Å²) in [5, 5.41) is 0. The van der Waals surface area contributed by atoms with Crippen LogP contribution in [0.1, 0.15) is 46.0 Å². The van der Waals surface area contributed by atoms with E-state index in [1.807, 2.05) is 4.90 Å². The molecule has 1 saturated carbocycles. The molecule has 2 aliphatic rings. The van der Waals surface area contributed by atoms with Crippen molar-refractivity contribution in [3.05, 3.63) is 0 Å². The van der Waals surface area contributed by atoms with Crippen LogP contribution in [-0.2, 0) is 0 Å². The van der Waals surface area contributed by atoms with E-state index in [1.54, 1.807) is 0 Å². The quantitative estimate of drug-likeness (QED) is 0.579. The second kappa shape index (κ2) is 3.61. The van der Waals surface area contributed by atoms with E-state index in [-0.39, 0.29) is 0 Å². The topological polar surface area (TPSA) is 4.44 Å². The summed E-state index contributed by atoms with van der Waals surface area (Å²) in [6, 6.07) is 1.89. The van der Waals surface area contributed by atoms with Gasteiger partial charge in [-0.25, -0.2) is 0 Å². The lowest BCUT2D eigenvalue weighted by molar-refractivity contribution is -0.944. The van der Waals surface area contributed by atoms with Crippen molar-refractivity contribution in [1.82, 2.24) is 0 Å². The van der Waals surface area contributed by atoms with Gasteiger partial charge in [0.05, 0.1) is 19.1 Å². The number of fused-ring (bicyclic) bond motifs is 1. The molecule has 5 atom stereocenters. The molecule has 2 fully saturated rings. The summed E-state index contributed by atoms with van der Waals surface area (Å²) in [4.78, 5) is 1.82. The minimum Gasteiger partial charge on any atom is -0.332 e. The first kappa shape index (κ1) is 9.51. The average Bonchev–Trinajstić information content (AvgIpc) is 2.12. The van der Waals surface area contributed by atoms with Crippen LogP contribution < -0.4 is 4.90 Å². The summed E-state index contributed by atoms with van der Waals surface area (Å²) in [5.74, 6) is 2.03. The maximum Gasteiger partial charge on any atom is 0.0928 e. The lowest BCUT2D eigenvalue weighted by atomic mass is 9.72. The molecule has 1 saturated heterocycles. The zero-order valence-corrected chi connectivity index (χ0v) is 9.34. The van der Waals surface area contributed by atoms with Gasteiger partial charge < -0.3 is 4.90 Å². The Hall–Kier alpha value is -0.0400. The third kappa shape index (κ3) is 1.63. The number of nitrogens with one attached hydrogen (secondary N) is 1. The summed E-state index contributed by atoms with van der Waals surface area (Å²) in [6.45, 7) is 4.89. The lowest BCUT2D eigenvalue weighted by Gasteiger charge is -2.45. The molecule has 0 aromatic rings. The van der Waals surface area contributed by atoms with Gasteiger partial charge in [0.2, 0.25) is 0 Å². The Morgan fingerprint density at radius 2 is 1.77 bits per heavy atom. The molecule has 0 spiro atoms. The molecule has 76 valence electrons. The number of piperidine rings is 1. The third-order valence-electron chi connectivity index (χ3n) is 4.63. The van der Waals surface area contributed by atoms with E-state index >= 15 is 0 Å². The van der Waals surface area contributed by atoms with Crippen LogP contribution >= 0.6 is 0 Å². The first-order valence-corrected chi connectivity index (χ1v) is 6.03. The molecule has 2 rings (SSSR count). The van der Waals surface area contributed by atoms with Crippen LogP contribution in [0.15, 0.2) is 0 Å². The van der Waals surface area contributed by atoms with Crippen molar-refractivity contribution in [2.45, 2.75) is 58.0 Å². The van der Waals surface area contributed by atoms with E-state index in [4.69, 9.17) is 0 Å². The van der Waals surface area contributed by atoms with Crippen molar-refractivity contribution >= 4 is 0 Å². The Kier molecular flexibility index (Phi) is 2.64. The molecular weight excluding hydrogens is 158 g/mol. The van der Waals surface area contributed by atoms with Crippen LogP contribution in [0.3, 0.4) is 0 Å². The van der Waals surface area contributed by atoms with E-state index in [2.05, 4.69) is 20.9 Å². The van der Waals surface area contributed by atoms with Gasteiger partial charge in [-0.3, -0.25) is 0 Å². The largest absolute Gasteiger partial charge is 0.332 e. The highest BCUT2D eigenvalue weighted by Crippen LogP contribution is 2.32. The Morgan fingerprint density at radius 3 is 2.54 bits per heavy atom. The van der Waals surface area contributed by atoms with E-state index in [0.717, 1.165) is 23.9 Å². The summed E-state index contributed by atoms with van der Waals surface area (Å²) in [5.41, 5.74) is 0. The highest BCUT2D eigenvalue weighted by molar-refractivity contribution is 4.83. The summed E-state index contributed by atoms with van der Waals surface area (Å²) >= 11 is 0. The molecule has 1 aliphatic carbocycles. The monoisotopic (exact) mass is 182 g/mol. The highest BCUT2D eigenvalue weighted by atomic mass is 15.2. The minimum atomic E-state index is 0.904. The van der Waals surface area contributed by atoms with Crippen molar-refractivity contribution in [3.8, 4) is 0 Å². The molecular formula is C12H24N+. The van der Waals surface area contributed by atoms with Crippen LogP contribution in [0.4, 0.5) is 0 Å². The Balaban J connectivity index is 2.10. The van der Waals surface area contributed by atoms with Gasteiger partial charge >= 0.3 is 0 Å². The summed E-state index contributed by atoms with van der Waals surface area (Å²) in [7, 11) is 2.42. The molecule has 0 radical (unpaired) electrons. The van der Waals surface area contributed by atoms with E-state index in [0.29, 0.717) is 0 Å². The molecule has 13 heavy (non-hydrogen) atoms. The second-order valence-corrected chi connectivity index (χ2v) is 5.42. The van der Waals surface area contributed by atoms with Crippen molar-refractivity contribution in [2.75, 3.05) is 7.05 Å². The number of quaternary nitrogens is 1. The Labute approximate surface area is 82.5 Å². The van der Waals surface area contributed by atoms with Crippen molar-refractivity contribution < 1.29 is 4.90 Å². The van der Waals surface area contributed by atoms with E-state index < -0.39 is 0 Å². The summed E-state index contributed by atoms with van der Waals surface area (Å²) in [6.07, 6.45) is 7.45. The highest BCUT2D eigenvalue weighted by Gasteiger charge is 2.41. The molecule has 1 nitrogen and oxygen atoms in total. The van der Waals surface area contributed by atoms with Gasteiger partial charge in [0.25, 0.3) is 0 Å². The van der Waals surface area contributed by atoms with Gasteiger partial charge in [-0.15, -0.1) is 0 Å². The van der Waals surface area contributed by atoms with Crippen LogP contribution in [0.5, 0.6) is 0 Å². The van der Waals surface area contributed by atoms with Crippen molar-refractivity contribution in [1.29, 1.82) is 0 Å². The van der Waals surface area contributed by atoms with E-state index in [1.165, 1.54) is 32.1 Å². The van der Waals surface area contributed by atoms with Gasteiger partial charge in [0, 0.05) is 11.8 Å². The molecule has 1 unspecified atom stereocenters. The van der Waals surface area contributed by atoms with Gasteiger partial charge in [-0.2, -0.15) is 0 Å². The minimum absolute atomic E-state index is 0.904. The van der Waals surface area contributed by atoms with Gasteiger partial charge in [-0.05, 0) is 32.6 Å². The zero-order chi connectivity index (χ0) is 9.42. The molecule has 1 heterocycles. The average molecular weight is 182 g/mol. The van der Waals surface area contributed by atoms with Crippen molar-refractivity contribution in [3.63, 3.8) is 0 Å². The van der Waals surface area contributed by atoms with Gasteiger partial charge in [0.15, 0.2) is 0 Å². The SMILES string of the molecule is C[C@H]1CCC[C@@H]2CC[C@H](C)[NH+](C)[C@H]21. The van der Waals surface area contributed by atoms with Crippen LogP contribution in [0, 0.1) is 11.8 Å². The molecule has 0 aromatic carbocycles. The number of hydrogen-bond acceptors (Lipinski definition) is 0. The van der Waals surface area contributed by atoms with Gasteiger partial charge in [0.1, 0.15) is 0 Å². The molecule has 1 aliphatic heterocycles. The first-order chi connectivity index (χ1) is 6.20.